The summed E-state index contributed by atoms with van der Waals surface area (Å²) < 4.78 is 0. The number of hydrogen-bond acceptors (Lipinski definition) is 2. The number of aldehydes is 2. The maximum absolute atomic E-state index is 11.4. The Morgan fingerprint density at radius 1 is 0.650 bits per heavy atom. The summed E-state index contributed by atoms with van der Waals surface area (Å²) >= 11 is 0. The second-order valence-electron chi connectivity index (χ2n) is 5.33. The summed E-state index contributed by atoms with van der Waals surface area (Å²) in [5.74, 6) is 0. The molecule has 0 aliphatic heterocycles. The Morgan fingerprint density at radius 2 is 1.00 bits per heavy atom. The third-order valence-electron chi connectivity index (χ3n) is 3.52. The fraction of sp³-hybridized carbons (Fsp3) is 0.222. The van der Waals surface area contributed by atoms with E-state index < -0.39 is 0 Å². The molecule has 0 spiro atoms. The van der Waals surface area contributed by atoms with Gasteiger partial charge in [-0.05, 0) is 62.1 Å². The molecule has 2 aromatic rings. The van der Waals surface area contributed by atoms with Crippen LogP contribution in [0, 0.1) is 27.7 Å². The lowest BCUT2D eigenvalue weighted by atomic mass is 9.87. The quantitative estimate of drug-likeness (QED) is 0.780. The average molecular weight is 266 g/mol. The molecule has 0 heterocycles. The van der Waals surface area contributed by atoms with Crippen molar-refractivity contribution in [2.24, 2.45) is 0 Å². The van der Waals surface area contributed by atoms with Crippen LogP contribution >= 0.6 is 0 Å². The van der Waals surface area contributed by atoms with E-state index in [2.05, 4.69) is 0 Å². The third-order valence-corrected chi connectivity index (χ3v) is 3.52. The van der Waals surface area contributed by atoms with Crippen molar-refractivity contribution < 1.29 is 9.59 Å². The van der Waals surface area contributed by atoms with Crippen molar-refractivity contribution >= 4 is 12.6 Å². The van der Waals surface area contributed by atoms with Crippen LogP contribution in [0.3, 0.4) is 0 Å². The summed E-state index contributed by atoms with van der Waals surface area (Å²) in [6.07, 6.45) is 1.73. The first kappa shape index (κ1) is 14.2. The van der Waals surface area contributed by atoms with Crippen LogP contribution in [0.5, 0.6) is 0 Å². The number of carbonyl (C=O) groups excluding carboxylic acids is 2. The number of aryl methyl sites for hydroxylation is 4. The first-order valence-electron chi connectivity index (χ1n) is 6.61. The molecule has 2 rings (SSSR count). The summed E-state index contributed by atoms with van der Waals surface area (Å²) in [4.78, 5) is 22.8. The van der Waals surface area contributed by atoms with E-state index in [1.54, 1.807) is 0 Å². The Bertz CT molecular complexity index is 636. The van der Waals surface area contributed by atoms with Crippen LogP contribution in [-0.4, -0.2) is 12.6 Å². The second-order valence-corrected chi connectivity index (χ2v) is 5.33. The van der Waals surface area contributed by atoms with Crippen molar-refractivity contribution in [1.29, 1.82) is 0 Å². The van der Waals surface area contributed by atoms with E-state index in [-0.39, 0.29) is 0 Å². The fourth-order valence-corrected chi connectivity index (χ4v) is 2.87. The molecule has 0 fully saturated rings. The minimum atomic E-state index is 0.637. The van der Waals surface area contributed by atoms with E-state index in [0.717, 1.165) is 46.0 Å². The van der Waals surface area contributed by atoms with E-state index >= 15 is 0 Å². The van der Waals surface area contributed by atoms with Gasteiger partial charge in [0.05, 0.1) is 0 Å². The molecule has 0 unspecified atom stereocenters. The van der Waals surface area contributed by atoms with Gasteiger partial charge in [0.1, 0.15) is 0 Å². The van der Waals surface area contributed by atoms with Gasteiger partial charge in [-0.25, -0.2) is 0 Å². The van der Waals surface area contributed by atoms with Crippen molar-refractivity contribution in [3.05, 3.63) is 57.6 Å². The highest BCUT2D eigenvalue weighted by Gasteiger charge is 2.15. The van der Waals surface area contributed by atoms with E-state index in [9.17, 15) is 9.59 Å². The molecule has 0 N–H and O–H groups in total. The van der Waals surface area contributed by atoms with Gasteiger partial charge in [0.15, 0.2) is 12.6 Å². The van der Waals surface area contributed by atoms with Gasteiger partial charge in [0, 0.05) is 11.1 Å². The first-order chi connectivity index (χ1) is 9.47. The Kier molecular flexibility index (Phi) is 3.84. The first-order valence-corrected chi connectivity index (χ1v) is 6.61. The van der Waals surface area contributed by atoms with Crippen molar-refractivity contribution in [2.45, 2.75) is 27.7 Å². The minimum absolute atomic E-state index is 0.637. The molecule has 0 aliphatic rings. The summed E-state index contributed by atoms with van der Waals surface area (Å²) in [6, 6.07) is 7.80. The number of carbonyl (C=O) groups is 2. The smallest absolute Gasteiger partial charge is 0.150 e. The molecule has 0 bridgehead atoms. The number of benzene rings is 2. The van der Waals surface area contributed by atoms with Crippen LogP contribution in [0.25, 0.3) is 11.1 Å². The summed E-state index contributed by atoms with van der Waals surface area (Å²) in [6.45, 7) is 7.88. The van der Waals surface area contributed by atoms with Crippen LogP contribution in [0.4, 0.5) is 0 Å². The van der Waals surface area contributed by atoms with E-state index in [1.165, 1.54) is 0 Å². The molecule has 0 atom stereocenters. The molecule has 20 heavy (non-hydrogen) atoms. The Morgan fingerprint density at radius 3 is 1.30 bits per heavy atom. The van der Waals surface area contributed by atoms with Gasteiger partial charge in [0.25, 0.3) is 0 Å². The lowest BCUT2D eigenvalue weighted by Crippen LogP contribution is -1.99. The third kappa shape index (κ3) is 2.42. The van der Waals surface area contributed by atoms with Gasteiger partial charge in [0.2, 0.25) is 0 Å². The van der Waals surface area contributed by atoms with Crippen molar-refractivity contribution in [1.82, 2.24) is 0 Å². The molecule has 0 aliphatic carbocycles. The molecular formula is C18H18O2. The van der Waals surface area contributed by atoms with E-state index in [0.29, 0.717) is 11.1 Å². The Balaban J connectivity index is 2.88. The van der Waals surface area contributed by atoms with Gasteiger partial charge in [-0.2, -0.15) is 0 Å². The molecule has 0 saturated heterocycles. The second kappa shape index (κ2) is 5.41. The van der Waals surface area contributed by atoms with Crippen LogP contribution in [-0.2, 0) is 0 Å². The molecule has 2 nitrogen and oxygen atoms in total. The lowest BCUT2D eigenvalue weighted by Gasteiger charge is -2.16. The van der Waals surface area contributed by atoms with Crippen molar-refractivity contribution in [3.8, 4) is 11.1 Å². The van der Waals surface area contributed by atoms with Crippen LogP contribution in [0.2, 0.25) is 0 Å². The normalized spacial score (nSPS) is 10.4. The number of rotatable bonds is 3. The van der Waals surface area contributed by atoms with Crippen molar-refractivity contribution in [2.75, 3.05) is 0 Å². The highest BCUT2D eigenvalue weighted by atomic mass is 16.1. The maximum Gasteiger partial charge on any atom is 0.150 e. The topological polar surface area (TPSA) is 34.1 Å². The highest BCUT2D eigenvalue weighted by molar-refractivity contribution is 5.97. The summed E-state index contributed by atoms with van der Waals surface area (Å²) in [7, 11) is 0. The number of hydrogen-bond donors (Lipinski definition) is 0. The zero-order valence-corrected chi connectivity index (χ0v) is 12.3. The Hall–Kier alpha value is -2.22. The predicted octanol–water partition coefficient (Wildman–Crippen LogP) is 4.21. The lowest BCUT2D eigenvalue weighted by molar-refractivity contribution is 0.111. The SMILES string of the molecule is Cc1cc(C)c(-c2c(C)cc(C)cc2C=O)c(C=O)c1. The van der Waals surface area contributed by atoms with Crippen LogP contribution in [0.1, 0.15) is 43.0 Å². The molecule has 0 amide bonds. The Labute approximate surface area is 119 Å². The van der Waals surface area contributed by atoms with Crippen molar-refractivity contribution in [3.63, 3.8) is 0 Å². The molecule has 2 heteroatoms. The molecule has 102 valence electrons. The van der Waals surface area contributed by atoms with Gasteiger partial charge in [-0.15, -0.1) is 0 Å². The minimum Gasteiger partial charge on any atom is -0.298 e. The summed E-state index contributed by atoms with van der Waals surface area (Å²) in [5.41, 5.74) is 7.13. The van der Waals surface area contributed by atoms with Crippen LogP contribution < -0.4 is 0 Å². The fourth-order valence-electron chi connectivity index (χ4n) is 2.87. The monoisotopic (exact) mass is 266 g/mol. The zero-order valence-electron chi connectivity index (χ0n) is 12.3. The maximum atomic E-state index is 11.4. The van der Waals surface area contributed by atoms with Crippen LogP contribution in [0.15, 0.2) is 24.3 Å². The van der Waals surface area contributed by atoms with Gasteiger partial charge in [-0.1, -0.05) is 23.3 Å². The molecule has 0 radical (unpaired) electrons. The largest absolute Gasteiger partial charge is 0.298 e. The van der Waals surface area contributed by atoms with E-state index in [4.69, 9.17) is 0 Å². The predicted molar refractivity (Wildman–Crippen MR) is 81.6 cm³/mol. The zero-order chi connectivity index (χ0) is 14.9. The average Bonchev–Trinajstić information content (AvgIpc) is 2.38. The molecule has 0 saturated carbocycles. The molecular weight excluding hydrogens is 248 g/mol. The van der Waals surface area contributed by atoms with Gasteiger partial charge in [-0.3, -0.25) is 9.59 Å². The molecule has 0 aromatic heterocycles. The highest BCUT2D eigenvalue weighted by Crippen LogP contribution is 2.33. The standard InChI is InChI=1S/C18H18O2/c1-11-5-13(3)17(15(7-11)9-19)18-14(4)6-12(2)8-16(18)10-20/h5-10H,1-4H3. The van der Waals surface area contributed by atoms with Gasteiger partial charge >= 0.3 is 0 Å². The molecule has 2 aromatic carbocycles. The summed E-state index contributed by atoms with van der Waals surface area (Å²) in [5, 5.41) is 0. The van der Waals surface area contributed by atoms with Gasteiger partial charge < -0.3 is 0 Å². The van der Waals surface area contributed by atoms with E-state index in [1.807, 2.05) is 52.0 Å².